The average Bonchev–Trinajstić information content (AvgIpc) is 2.17. The van der Waals surface area contributed by atoms with E-state index in [9.17, 15) is 0 Å². The zero-order valence-electron chi connectivity index (χ0n) is 7.29. The van der Waals surface area contributed by atoms with Crippen LogP contribution in [-0.4, -0.2) is 23.5 Å². The summed E-state index contributed by atoms with van der Waals surface area (Å²) in [6.07, 6.45) is 6.01. The molecule has 0 aromatic rings. The number of hydrogen-bond acceptors (Lipinski definition) is 3. The number of oxime groups is 1. The summed E-state index contributed by atoms with van der Waals surface area (Å²) in [7, 11) is 0. The monoisotopic (exact) mass is 168 g/mol. The molecule has 2 atom stereocenters. The van der Waals surface area contributed by atoms with Crippen LogP contribution in [-0.2, 0) is 0 Å². The molecule has 1 saturated heterocycles. The average molecular weight is 168 g/mol. The van der Waals surface area contributed by atoms with Crippen molar-refractivity contribution in [2.45, 2.75) is 38.1 Å². The van der Waals surface area contributed by atoms with E-state index in [0.717, 1.165) is 18.7 Å². The molecule has 2 unspecified atom stereocenters. The third-order valence-corrected chi connectivity index (χ3v) is 3.11. The van der Waals surface area contributed by atoms with E-state index in [1.807, 2.05) is 0 Å². The first-order valence-corrected chi connectivity index (χ1v) is 4.86. The summed E-state index contributed by atoms with van der Waals surface area (Å²) in [4.78, 5) is 0. The van der Waals surface area contributed by atoms with Crippen molar-refractivity contribution in [2.24, 2.45) is 11.1 Å². The van der Waals surface area contributed by atoms with Crippen LogP contribution in [0.15, 0.2) is 5.16 Å². The number of nitrogens with one attached hydrogen (secondary N) is 1. The highest BCUT2D eigenvalue weighted by atomic mass is 16.4. The van der Waals surface area contributed by atoms with E-state index < -0.39 is 0 Å². The van der Waals surface area contributed by atoms with E-state index in [1.54, 1.807) is 0 Å². The maximum absolute atomic E-state index is 8.79. The quantitative estimate of drug-likeness (QED) is 0.424. The minimum atomic E-state index is 0.525. The fourth-order valence-corrected chi connectivity index (χ4v) is 2.47. The van der Waals surface area contributed by atoms with Gasteiger partial charge in [0.2, 0.25) is 0 Å². The Kier molecular flexibility index (Phi) is 2.30. The number of fused-ring (bicyclic) bond motifs is 1. The summed E-state index contributed by atoms with van der Waals surface area (Å²) in [5.41, 5.74) is 1.03. The number of nitrogens with zero attached hydrogens (tertiary/aromatic N) is 1. The van der Waals surface area contributed by atoms with Gasteiger partial charge in [-0.25, -0.2) is 0 Å². The van der Waals surface area contributed by atoms with Crippen molar-refractivity contribution in [2.75, 3.05) is 6.54 Å². The highest BCUT2D eigenvalue weighted by Gasteiger charge is 2.31. The van der Waals surface area contributed by atoms with Crippen LogP contribution in [0.1, 0.15) is 32.1 Å². The van der Waals surface area contributed by atoms with E-state index in [4.69, 9.17) is 5.21 Å². The van der Waals surface area contributed by atoms with Crippen LogP contribution in [0.3, 0.4) is 0 Å². The van der Waals surface area contributed by atoms with Gasteiger partial charge in [0.15, 0.2) is 0 Å². The summed E-state index contributed by atoms with van der Waals surface area (Å²) in [6, 6.07) is 0.596. The molecule has 1 heterocycles. The molecule has 2 fully saturated rings. The molecule has 3 heteroatoms. The van der Waals surface area contributed by atoms with Crippen LogP contribution in [0.5, 0.6) is 0 Å². The van der Waals surface area contributed by atoms with Crippen LogP contribution in [0.4, 0.5) is 0 Å². The molecule has 2 N–H and O–H groups in total. The Labute approximate surface area is 72.8 Å². The van der Waals surface area contributed by atoms with Gasteiger partial charge in [-0.15, -0.1) is 0 Å². The SMILES string of the molecule is O/N=C1/CCNC2CCCCC12. The number of rotatable bonds is 0. The molecule has 2 rings (SSSR count). The van der Waals surface area contributed by atoms with Gasteiger partial charge in [-0.3, -0.25) is 0 Å². The van der Waals surface area contributed by atoms with Crippen molar-refractivity contribution < 1.29 is 5.21 Å². The Morgan fingerprint density at radius 1 is 1.33 bits per heavy atom. The van der Waals surface area contributed by atoms with Gasteiger partial charge in [0, 0.05) is 24.9 Å². The summed E-state index contributed by atoms with van der Waals surface area (Å²) in [6.45, 7) is 0.987. The Morgan fingerprint density at radius 3 is 3.00 bits per heavy atom. The first kappa shape index (κ1) is 8.05. The second-order valence-corrected chi connectivity index (χ2v) is 3.79. The fraction of sp³-hybridized carbons (Fsp3) is 0.889. The highest BCUT2D eigenvalue weighted by Crippen LogP contribution is 2.28. The molecule has 1 aliphatic heterocycles. The van der Waals surface area contributed by atoms with Gasteiger partial charge in [0.1, 0.15) is 0 Å². The topological polar surface area (TPSA) is 44.6 Å². The Morgan fingerprint density at radius 2 is 2.17 bits per heavy atom. The third-order valence-electron chi connectivity index (χ3n) is 3.11. The maximum Gasteiger partial charge on any atom is 0.0629 e. The normalized spacial score (nSPS) is 39.5. The molecular formula is C9H16N2O. The lowest BCUT2D eigenvalue weighted by Crippen LogP contribution is -2.48. The Hall–Kier alpha value is -0.570. The van der Waals surface area contributed by atoms with Crippen LogP contribution in [0, 0.1) is 5.92 Å². The molecule has 0 amide bonds. The minimum Gasteiger partial charge on any atom is -0.411 e. The molecule has 3 nitrogen and oxygen atoms in total. The van der Waals surface area contributed by atoms with E-state index in [0.29, 0.717) is 12.0 Å². The van der Waals surface area contributed by atoms with E-state index in [1.165, 1.54) is 25.7 Å². The zero-order chi connectivity index (χ0) is 8.39. The van der Waals surface area contributed by atoms with Crippen LogP contribution < -0.4 is 5.32 Å². The summed E-state index contributed by atoms with van der Waals surface area (Å²) in [5, 5.41) is 15.7. The summed E-state index contributed by atoms with van der Waals surface area (Å²) < 4.78 is 0. The molecule has 0 spiro atoms. The predicted molar refractivity (Wildman–Crippen MR) is 47.6 cm³/mol. The fourth-order valence-electron chi connectivity index (χ4n) is 2.47. The van der Waals surface area contributed by atoms with Crippen molar-refractivity contribution in [3.8, 4) is 0 Å². The standard InChI is InChI=1S/C9H16N2O/c12-11-9-5-6-10-8-4-2-1-3-7(8)9/h7-8,10,12H,1-6H2/b11-9-. The second-order valence-electron chi connectivity index (χ2n) is 3.79. The molecule has 68 valence electrons. The Bertz CT molecular complexity index is 189. The largest absolute Gasteiger partial charge is 0.411 e. The third kappa shape index (κ3) is 1.33. The van der Waals surface area contributed by atoms with Crippen LogP contribution in [0.25, 0.3) is 0 Å². The van der Waals surface area contributed by atoms with Crippen LogP contribution in [0.2, 0.25) is 0 Å². The molecule has 1 aliphatic carbocycles. The molecule has 0 radical (unpaired) electrons. The first-order chi connectivity index (χ1) is 5.92. The van der Waals surface area contributed by atoms with Crippen molar-refractivity contribution >= 4 is 5.71 Å². The van der Waals surface area contributed by atoms with Gasteiger partial charge in [0.25, 0.3) is 0 Å². The molecule has 0 aromatic carbocycles. The van der Waals surface area contributed by atoms with Gasteiger partial charge >= 0.3 is 0 Å². The van der Waals surface area contributed by atoms with E-state index in [2.05, 4.69) is 10.5 Å². The smallest absolute Gasteiger partial charge is 0.0629 e. The van der Waals surface area contributed by atoms with E-state index in [-0.39, 0.29) is 0 Å². The summed E-state index contributed by atoms with van der Waals surface area (Å²) in [5.74, 6) is 0.525. The van der Waals surface area contributed by atoms with E-state index >= 15 is 0 Å². The van der Waals surface area contributed by atoms with Crippen molar-refractivity contribution in [3.63, 3.8) is 0 Å². The molecular weight excluding hydrogens is 152 g/mol. The number of hydrogen-bond donors (Lipinski definition) is 2. The van der Waals surface area contributed by atoms with Gasteiger partial charge in [0.05, 0.1) is 5.71 Å². The van der Waals surface area contributed by atoms with Gasteiger partial charge in [-0.1, -0.05) is 18.0 Å². The molecule has 1 saturated carbocycles. The van der Waals surface area contributed by atoms with Crippen molar-refractivity contribution in [1.82, 2.24) is 5.32 Å². The number of piperidine rings is 1. The summed E-state index contributed by atoms with van der Waals surface area (Å²) >= 11 is 0. The zero-order valence-corrected chi connectivity index (χ0v) is 7.29. The van der Waals surface area contributed by atoms with Gasteiger partial charge < -0.3 is 10.5 Å². The maximum atomic E-state index is 8.79. The molecule has 2 aliphatic rings. The van der Waals surface area contributed by atoms with Crippen molar-refractivity contribution in [3.05, 3.63) is 0 Å². The highest BCUT2D eigenvalue weighted by molar-refractivity contribution is 5.87. The van der Waals surface area contributed by atoms with Crippen LogP contribution >= 0.6 is 0 Å². The molecule has 0 bridgehead atoms. The molecule has 12 heavy (non-hydrogen) atoms. The first-order valence-electron chi connectivity index (χ1n) is 4.86. The van der Waals surface area contributed by atoms with Gasteiger partial charge in [-0.2, -0.15) is 0 Å². The lowest BCUT2D eigenvalue weighted by Gasteiger charge is -2.36. The molecule has 0 aromatic heterocycles. The minimum absolute atomic E-state index is 0.525. The lowest BCUT2D eigenvalue weighted by atomic mass is 9.78. The second kappa shape index (κ2) is 3.44. The Balaban J connectivity index is 2.09. The lowest BCUT2D eigenvalue weighted by molar-refractivity contribution is 0.273. The van der Waals surface area contributed by atoms with Crippen molar-refractivity contribution in [1.29, 1.82) is 0 Å². The predicted octanol–water partition coefficient (Wildman–Crippen LogP) is 1.37. The van der Waals surface area contributed by atoms with Gasteiger partial charge in [-0.05, 0) is 12.8 Å².